The number of methoxy groups -OCH3 is 1. The first-order valence-electron chi connectivity index (χ1n) is 9.00. The number of carbonyl (C=O) groups is 2. The molecule has 6 nitrogen and oxygen atoms in total. The summed E-state index contributed by atoms with van der Waals surface area (Å²) in [5, 5.41) is 5.44. The first-order chi connectivity index (χ1) is 14.1. The van der Waals surface area contributed by atoms with Crippen molar-refractivity contribution in [2.24, 2.45) is 0 Å². The Kier molecular flexibility index (Phi) is 6.52. The zero-order valence-corrected chi connectivity index (χ0v) is 15.8. The van der Waals surface area contributed by atoms with Crippen molar-refractivity contribution in [3.05, 3.63) is 89.5 Å². The molecule has 0 radical (unpaired) electrons. The fourth-order valence-electron chi connectivity index (χ4n) is 2.70. The van der Waals surface area contributed by atoms with E-state index in [4.69, 9.17) is 4.74 Å². The van der Waals surface area contributed by atoms with E-state index in [9.17, 15) is 14.0 Å². The molecule has 2 N–H and O–H groups in total. The van der Waals surface area contributed by atoms with Gasteiger partial charge in [0, 0.05) is 30.1 Å². The summed E-state index contributed by atoms with van der Waals surface area (Å²) >= 11 is 0. The molecule has 0 aliphatic heterocycles. The minimum absolute atomic E-state index is 0.108. The molecule has 0 fully saturated rings. The summed E-state index contributed by atoms with van der Waals surface area (Å²) in [6, 6.07) is 16.3. The van der Waals surface area contributed by atoms with Crippen LogP contribution in [0.5, 0.6) is 5.75 Å². The number of ether oxygens (including phenoxy) is 1. The molecule has 2 aromatic carbocycles. The number of hydrogen-bond acceptors (Lipinski definition) is 4. The van der Waals surface area contributed by atoms with Crippen molar-refractivity contribution in [3.63, 3.8) is 0 Å². The number of aromatic nitrogens is 1. The summed E-state index contributed by atoms with van der Waals surface area (Å²) in [5.41, 5.74) is 1.49. The highest BCUT2D eigenvalue weighted by Crippen LogP contribution is 2.17. The molecule has 29 heavy (non-hydrogen) atoms. The van der Waals surface area contributed by atoms with Crippen LogP contribution in [0, 0.1) is 5.82 Å². The lowest BCUT2D eigenvalue weighted by molar-refractivity contribution is 0.0949. The van der Waals surface area contributed by atoms with Gasteiger partial charge in [0.15, 0.2) is 0 Å². The third-order valence-electron chi connectivity index (χ3n) is 4.22. The van der Waals surface area contributed by atoms with E-state index in [0.29, 0.717) is 29.0 Å². The van der Waals surface area contributed by atoms with Gasteiger partial charge >= 0.3 is 0 Å². The molecule has 1 heterocycles. The third kappa shape index (κ3) is 5.38. The van der Waals surface area contributed by atoms with Crippen LogP contribution >= 0.6 is 0 Å². The summed E-state index contributed by atoms with van der Waals surface area (Å²) in [4.78, 5) is 28.8. The molecular weight excluding hydrogens is 373 g/mol. The van der Waals surface area contributed by atoms with Crippen molar-refractivity contribution in [3.8, 4) is 5.75 Å². The van der Waals surface area contributed by atoms with E-state index in [0.717, 1.165) is 0 Å². The van der Waals surface area contributed by atoms with Crippen LogP contribution in [0.4, 0.5) is 10.1 Å². The molecule has 0 aliphatic rings. The van der Waals surface area contributed by atoms with Crippen LogP contribution in [-0.2, 0) is 6.42 Å². The number of pyridine rings is 1. The normalized spacial score (nSPS) is 10.3. The Bertz CT molecular complexity index is 1020. The lowest BCUT2D eigenvalue weighted by Gasteiger charge is -2.09. The Balaban J connectivity index is 1.61. The van der Waals surface area contributed by atoms with Gasteiger partial charge in [-0.3, -0.25) is 14.6 Å². The summed E-state index contributed by atoms with van der Waals surface area (Å²) in [7, 11) is 1.54. The Labute approximate surface area is 167 Å². The van der Waals surface area contributed by atoms with Crippen LogP contribution in [0.25, 0.3) is 0 Å². The number of rotatable bonds is 7. The van der Waals surface area contributed by atoms with Gasteiger partial charge in [0.25, 0.3) is 11.8 Å². The third-order valence-corrected chi connectivity index (χ3v) is 4.22. The summed E-state index contributed by atoms with van der Waals surface area (Å²) in [6.07, 6.45) is 1.75. The fraction of sp³-hybridized carbons (Fsp3) is 0.136. The molecule has 0 unspecified atom stereocenters. The molecule has 0 saturated heterocycles. The number of amides is 2. The Morgan fingerprint density at radius 1 is 1.03 bits per heavy atom. The lowest BCUT2D eigenvalue weighted by Crippen LogP contribution is -2.27. The molecule has 7 heteroatoms. The summed E-state index contributed by atoms with van der Waals surface area (Å²) in [5.74, 6) is -0.498. The van der Waals surface area contributed by atoms with Crippen LogP contribution < -0.4 is 15.4 Å². The van der Waals surface area contributed by atoms with Gasteiger partial charge in [0.05, 0.1) is 7.11 Å². The van der Waals surface area contributed by atoms with Crippen LogP contribution in [0.1, 0.15) is 26.4 Å². The van der Waals surface area contributed by atoms with Gasteiger partial charge in [-0.1, -0.05) is 24.3 Å². The number of benzene rings is 2. The topological polar surface area (TPSA) is 80.3 Å². The largest absolute Gasteiger partial charge is 0.497 e. The minimum atomic E-state index is -0.433. The molecule has 0 atom stereocenters. The number of nitrogens with zero attached hydrogens (tertiary/aromatic N) is 1. The van der Waals surface area contributed by atoms with E-state index >= 15 is 0 Å². The quantitative estimate of drug-likeness (QED) is 0.644. The van der Waals surface area contributed by atoms with E-state index in [-0.39, 0.29) is 24.0 Å². The van der Waals surface area contributed by atoms with Crippen LogP contribution in [-0.4, -0.2) is 30.5 Å². The predicted octanol–water partition coefficient (Wildman–Crippen LogP) is 3.45. The van der Waals surface area contributed by atoms with Crippen molar-refractivity contribution in [2.75, 3.05) is 19.0 Å². The number of anilines is 1. The minimum Gasteiger partial charge on any atom is -0.497 e. The van der Waals surface area contributed by atoms with Gasteiger partial charge in [-0.15, -0.1) is 0 Å². The Hall–Kier alpha value is -3.74. The van der Waals surface area contributed by atoms with E-state index in [1.807, 2.05) is 0 Å². The molecule has 0 aliphatic carbocycles. The molecule has 3 aromatic rings. The monoisotopic (exact) mass is 393 g/mol. The first-order valence-corrected chi connectivity index (χ1v) is 9.00. The molecular formula is C22H20FN3O3. The number of nitrogens with one attached hydrogen (secondary N) is 2. The van der Waals surface area contributed by atoms with Gasteiger partial charge in [0.1, 0.15) is 17.3 Å². The molecule has 3 rings (SSSR count). The average Bonchev–Trinajstić information content (AvgIpc) is 2.75. The van der Waals surface area contributed by atoms with Gasteiger partial charge in [-0.05, 0) is 42.3 Å². The second kappa shape index (κ2) is 9.45. The Morgan fingerprint density at radius 2 is 1.86 bits per heavy atom. The van der Waals surface area contributed by atoms with Crippen LogP contribution in [0.15, 0.2) is 66.9 Å². The van der Waals surface area contributed by atoms with Gasteiger partial charge in [0.2, 0.25) is 0 Å². The molecule has 0 spiro atoms. The maximum absolute atomic E-state index is 13.6. The predicted molar refractivity (Wildman–Crippen MR) is 108 cm³/mol. The zero-order valence-electron chi connectivity index (χ0n) is 15.8. The lowest BCUT2D eigenvalue weighted by atomic mass is 10.1. The second-order valence-electron chi connectivity index (χ2n) is 6.21. The van der Waals surface area contributed by atoms with E-state index < -0.39 is 5.91 Å². The van der Waals surface area contributed by atoms with Crippen LogP contribution in [0.2, 0.25) is 0 Å². The molecule has 1 aromatic heterocycles. The van der Waals surface area contributed by atoms with Gasteiger partial charge in [-0.25, -0.2) is 4.39 Å². The van der Waals surface area contributed by atoms with E-state index in [1.54, 1.807) is 49.6 Å². The van der Waals surface area contributed by atoms with Crippen molar-refractivity contribution in [2.45, 2.75) is 6.42 Å². The maximum atomic E-state index is 13.6. The standard InChI is InChI=1S/C22H20FN3O3/c1-29-18-7-4-6-17(14-18)26-21(27)16-10-11-24-20(13-16)22(28)25-12-9-15-5-2-3-8-19(15)23/h2-8,10-11,13-14H,9,12H2,1H3,(H,25,28)(H,26,27). The van der Waals surface area contributed by atoms with Crippen molar-refractivity contribution >= 4 is 17.5 Å². The molecule has 148 valence electrons. The van der Waals surface area contributed by atoms with Crippen molar-refractivity contribution in [1.29, 1.82) is 0 Å². The van der Waals surface area contributed by atoms with Crippen molar-refractivity contribution in [1.82, 2.24) is 10.3 Å². The van der Waals surface area contributed by atoms with Gasteiger partial charge in [-0.2, -0.15) is 0 Å². The van der Waals surface area contributed by atoms with E-state index in [1.165, 1.54) is 24.4 Å². The highest BCUT2D eigenvalue weighted by atomic mass is 19.1. The fourth-order valence-corrected chi connectivity index (χ4v) is 2.70. The maximum Gasteiger partial charge on any atom is 0.269 e. The molecule has 0 bridgehead atoms. The zero-order chi connectivity index (χ0) is 20.6. The number of hydrogen-bond donors (Lipinski definition) is 2. The summed E-state index contributed by atoms with van der Waals surface area (Å²) < 4.78 is 18.8. The Morgan fingerprint density at radius 3 is 2.66 bits per heavy atom. The second-order valence-corrected chi connectivity index (χ2v) is 6.21. The SMILES string of the molecule is COc1cccc(NC(=O)c2ccnc(C(=O)NCCc3ccccc3F)c2)c1. The highest BCUT2D eigenvalue weighted by molar-refractivity contribution is 6.05. The van der Waals surface area contributed by atoms with Crippen LogP contribution in [0.3, 0.4) is 0 Å². The number of carbonyl (C=O) groups excluding carboxylic acids is 2. The molecule has 2 amide bonds. The van der Waals surface area contributed by atoms with Gasteiger partial charge < -0.3 is 15.4 Å². The highest BCUT2D eigenvalue weighted by Gasteiger charge is 2.12. The summed E-state index contributed by atoms with van der Waals surface area (Å²) in [6.45, 7) is 0.252. The average molecular weight is 393 g/mol. The van der Waals surface area contributed by atoms with Crippen molar-refractivity contribution < 1.29 is 18.7 Å². The first kappa shape index (κ1) is 20.0. The number of halogens is 1. The molecule has 0 saturated carbocycles. The van der Waals surface area contributed by atoms with E-state index in [2.05, 4.69) is 15.6 Å². The smallest absolute Gasteiger partial charge is 0.269 e.